The zero-order chi connectivity index (χ0) is 44.9. The van der Waals surface area contributed by atoms with Crippen LogP contribution in [0.15, 0.2) is 243 Å². The number of anilines is 3. The fraction of sp³-hybridized carbons (Fsp3) is 0.0909. The van der Waals surface area contributed by atoms with Gasteiger partial charge in [0.15, 0.2) is 0 Å². The second kappa shape index (κ2) is 14.8. The molecule has 3 aliphatic carbocycles. The molecule has 0 saturated heterocycles. The Kier molecular flexibility index (Phi) is 8.67. The Morgan fingerprint density at radius 3 is 1.33 bits per heavy atom. The molecule has 1 nitrogen and oxygen atoms in total. The maximum Gasteiger partial charge on any atom is 0.0714 e. The molecule has 0 N–H and O–H groups in total. The van der Waals surface area contributed by atoms with Crippen LogP contribution >= 0.6 is 0 Å². The van der Waals surface area contributed by atoms with Crippen LogP contribution in [-0.2, 0) is 16.2 Å². The van der Waals surface area contributed by atoms with E-state index in [-0.39, 0.29) is 10.8 Å². The summed E-state index contributed by atoms with van der Waals surface area (Å²) >= 11 is 0. The highest BCUT2D eigenvalue weighted by atomic mass is 15.1. The minimum Gasteiger partial charge on any atom is -0.310 e. The van der Waals surface area contributed by atoms with E-state index in [0.29, 0.717) is 0 Å². The summed E-state index contributed by atoms with van der Waals surface area (Å²) in [6.45, 7) is 7.17. The lowest BCUT2D eigenvalue weighted by Gasteiger charge is -2.35. The average Bonchev–Trinajstić information content (AvgIpc) is 3.93. The van der Waals surface area contributed by atoms with Gasteiger partial charge in [-0.1, -0.05) is 220 Å². The van der Waals surface area contributed by atoms with E-state index in [1.807, 2.05) is 0 Å². The van der Waals surface area contributed by atoms with Crippen molar-refractivity contribution < 1.29 is 0 Å². The summed E-state index contributed by atoms with van der Waals surface area (Å²) in [6.07, 6.45) is 0. The van der Waals surface area contributed by atoms with Gasteiger partial charge in [-0.3, -0.25) is 0 Å². The van der Waals surface area contributed by atoms with Crippen molar-refractivity contribution in [3.8, 4) is 44.5 Å². The fourth-order valence-electron chi connectivity index (χ4n) is 12.5. The molecule has 10 aromatic rings. The first kappa shape index (κ1) is 39.4. The van der Waals surface area contributed by atoms with Crippen LogP contribution in [0.25, 0.3) is 44.5 Å². The van der Waals surface area contributed by atoms with E-state index in [1.165, 1.54) is 94.6 Å². The Morgan fingerprint density at radius 1 is 0.284 bits per heavy atom. The molecule has 0 saturated carbocycles. The van der Waals surface area contributed by atoms with Crippen LogP contribution in [-0.4, -0.2) is 0 Å². The van der Waals surface area contributed by atoms with Gasteiger partial charge in [0.2, 0.25) is 0 Å². The van der Waals surface area contributed by atoms with E-state index in [0.717, 1.165) is 17.1 Å². The Bertz CT molecular complexity index is 3530. The van der Waals surface area contributed by atoms with Gasteiger partial charge >= 0.3 is 0 Å². The van der Waals surface area contributed by atoms with Gasteiger partial charge in [-0.15, -0.1) is 0 Å². The Morgan fingerprint density at radius 2 is 0.701 bits per heavy atom. The third kappa shape index (κ3) is 5.55. The number of rotatable bonds is 7. The second-order valence-corrected chi connectivity index (χ2v) is 19.3. The highest BCUT2D eigenvalue weighted by molar-refractivity contribution is 5.95. The predicted octanol–water partition coefficient (Wildman–Crippen LogP) is 16.8. The topological polar surface area (TPSA) is 3.24 Å². The van der Waals surface area contributed by atoms with Crippen molar-refractivity contribution in [1.82, 2.24) is 0 Å². The first-order valence-electron chi connectivity index (χ1n) is 23.7. The normalized spacial score (nSPS) is 16.3. The van der Waals surface area contributed by atoms with Crippen molar-refractivity contribution in [2.45, 2.75) is 37.0 Å². The lowest BCUT2D eigenvalue weighted by Crippen LogP contribution is -2.28. The van der Waals surface area contributed by atoms with Gasteiger partial charge in [-0.2, -0.15) is 0 Å². The Labute approximate surface area is 394 Å². The summed E-state index contributed by atoms with van der Waals surface area (Å²) in [7, 11) is 0. The first-order valence-corrected chi connectivity index (χ1v) is 23.7. The highest BCUT2D eigenvalue weighted by Gasteiger charge is 2.47. The minimum atomic E-state index is -0.534. The van der Waals surface area contributed by atoms with Crippen molar-refractivity contribution in [1.29, 1.82) is 0 Å². The largest absolute Gasteiger partial charge is 0.310 e. The van der Waals surface area contributed by atoms with Crippen molar-refractivity contribution in [3.05, 3.63) is 293 Å². The summed E-state index contributed by atoms with van der Waals surface area (Å²) in [6, 6.07) is 91.0. The molecule has 318 valence electrons. The van der Waals surface area contributed by atoms with Crippen LogP contribution in [0.2, 0.25) is 0 Å². The van der Waals surface area contributed by atoms with Gasteiger partial charge in [0.05, 0.1) is 11.1 Å². The van der Waals surface area contributed by atoms with Gasteiger partial charge in [0, 0.05) is 27.8 Å². The summed E-state index contributed by atoms with van der Waals surface area (Å²) in [4.78, 5) is 2.54. The summed E-state index contributed by atoms with van der Waals surface area (Å²) in [5.74, 6) is 0. The monoisotopic (exact) mass is 855 g/mol. The van der Waals surface area contributed by atoms with Crippen molar-refractivity contribution in [3.63, 3.8) is 0 Å². The molecule has 1 heteroatoms. The third-order valence-corrected chi connectivity index (χ3v) is 15.6. The number of hydrogen-bond acceptors (Lipinski definition) is 1. The van der Waals surface area contributed by atoms with Gasteiger partial charge in [-0.05, 0) is 132 Å². The van der Waals surface area contributed by atoms with E-state index in [4.69, 9.17) is 0 Å². The molecule has 13 rings (SSSR count). The second-order valence-electron chi connectivity index (χ2n) is 19.3. The quantitative estimate of drug-likeness (QED) is 0.154. The van der Waals surface area contributed by atoms with E-state index < -0.39 is 5.41 Å². The van der Waals surface area contributed by atoms with Crippen LogP contribution in [0.5, 0.6) is 0 Å². The number of para-hydroxylation sites is 1. The lowest BCUT2D eigenvalue weighted by molar-refractivity contribution is 0.660. The third-order valence-electron chi connectivity index (χ3n) is 15.6. The lowest BCUT2D eigenvalue weighted by atomic mass is 9.67. The highest BCUT2D eigenvalue weighted by Crippen LogP contribution is 2.59. The van der Waals surface area contributed by atoms with Crippen LogP contribution in [0.3, 0.4) is 0 Å². The molecule has 0 aromatic heterocycles. The molecule has 10 aromatic carbocycles. The van der Waals surface area contributed by atoms with Crippen molar-refractivity contribution in [2.75, 3.05) is 4.90 Å². The van der Waals surface area contributed by atoms with Gasteiger partial charge in [0.1, 0.15) is 0 Å². The molecule has 0 radical (unpaired) electrons. The SMILES string of the molecule is CC1(C)c2ccccc2-c2ccc(N(c3ccc4c(c3)C(c3ccccc3)(c3ccccc3)c3ccccc3-4)c3ccccc3-c3ccc4c(c3)C(C)(c3ccccc3)c3ccccc3-4)cc21. The molecule has 0 heterocycles. The van der Waals surface area contributed by atoms with Crippen LogP contribution in [0, 0.1) is 0 Å². The molecule has 1 unspecified atom stereocenters. The molecule has 0 spiro atoms. The zero-order valence-electron chi connectivity index (χ0n) is 38.0. The van der Waals surface area contributed by atoms with Gasteiger partial charge in [0.25, 0.3) is 0 Å². The predicted molar refractivity (Wildman–Crippen MR) is 279 cm³/mol. The van der Waals surface area contributed by atoms with Crippen molar-refractivity contribution >= 4 is 17.1 Å². The number of nitrogens with zero attached hydrogens (tertiary/aromatic N) is 1. The number of benzene rings is 10. The van der Waals surface area contributed by atoms with Gasteiger partial charge in [-0.25, -0.2) is 0 Å². The average molecular weight is 856 g/mol. The van der Waals surface area contributed by atoms with Crippen molar-refractivity contribution in [2.24, 2.45) is 0 Å². The summed E-state index contributed by atoms with van der Waals surface area (Å²) in [5, 5.41) is 0. The zero-order valence-corrected chi connectivity index (χ0v) is 38.0. The molecule has 0 aliphatic heterocycles. The molecule has 0 amide bonds. The Balaban J connectivity index is 1.06. The van der Waals surface area contributed by atoms with E-state index in [9.17, 15) is 0 Å². The van der Waals surface area contributed by atoms with Crippen LogP contribution in [0.1, 0.15) is 70.8 Å². The van der Waals surface area contributed by atoms with Gasteiger partial charge < -0.3 is 4.90 Å². The molecule has 67 heavy (non-hydrogen) atoms. The summed E-state index contributed by atoms with van der Waals surface area (Å²) < 4.78 is 0. The molecule has 0 bridgehead atoms. The first-order chi connectivity index (χ1) is 32.9. The Hall–Kier alpha value is -8.00. The summed E-state index contributed by atoms with van der Waals surface area (Å²) in [5.41, 5.74) is 24.4. The maximum atomic E-state index is 2.54. The number of fused-ring (bicyclic) bond motifs is 9. The molecular formula is C66H49N. The van der Waals surface area contributed by atoms with E-state index in [2.05, 4.69) is 268 Å². The van der Waals surface area contributed by atoms with Crippen LogP contribution < -0.4 is 4.90 Å². The van der Waals surface area contributed by atoms with E-state index >= 15 is 0 Å². The fourth-order valence-corrected chi connectivity index (χ4v) is 12.5. The standard InChI is InChI=1S/C66H49N/c1-64(2)57-31-17-13-28-51(57)54-39-36-48(42-60(54)64)67(49-37-40-56-53-30-15-19-33-59(53)66(62(56)43-49,46-23-9-5-10-24-46)47-25-11-6-12-26-47)63-34-20-16-27-50(63)44-35-38-55-52-29-14-18-32-58(52)65(3,61(55)41-44)45-21-7-4-8-22-45/h4-43H,1-3H3. The molecular weight excluding hydrogens is 807 g/mol. The van der Waals surface area contributed by atoms with Crippen LogP contribution in [0.4, 0.5) is 17.1 Å². The molecule has 0 fully saturated rings. The molecule has 3 aliphatic rings. The number of hydrogen-bond donors (Lipinski definition) is 0. The minimum absolute atomic E-state index is 0.167. The van der Waals surface area contributed by atoms with E-state index in [1.54, 1.807) is 0 Å². The smallest absolute Gasteiger partial charge is 0.0714 e. The maximum absolute atomic E-state index is 2.54. The molecule has 1 atom stereocenters.